The highest BCUT2D eigenvalue weighted by Gasteiger charge is 2.32. The highest BCUT2D eigenvalue weighted by atomic mass is 19.4. The predicted molar refractivity (Wildman–Crippen MR) is 70.0 cm³/mol. The Balaban J connectivity index is 2.95. The summed E-state index contributed by atoms with van der Waals surface area (Å²) in [4.78, 5) is 12.8. The molecule has 0 unspecified atom stereocenters. The molecular weight excluding hydrogens is 269 g/mol. The lowest BCUT2D eigenvalue weighted by molar-refractivity contribution is -0.140. The molecule has 0 aliphatic carbocycles. The molecule has 1 aromatic rings. The van der Waals surface area contributed by atoms with Gasteiger partial charge in [0, 0.05) is 17.7 Å². The van der Waals surface area contributed by atoms with Crippen molar-refractivity contribution < 1.29 is 18.0 Å². The van der Waals surface area contributed by atoms with E-state index in [1.807, 2.05) is 0 Å². The number of alkyl halides is 3. The lowest BCUT2D eigenvalue weighted by Gasteiger charge is -2.22. The highest BCUT2D eigenvalue weighted by molar-refractivity contribution is 5.94. The fraction of sp³-hybridized carbons (Fsp3) is 0.357. The van der Waals surface area contributed by atoms with Crippen LogP contribution in [0.15, 0.2) is 24.3 Å². The number of nitrogens with zero attached hydrogens (tertiary/aromatic N) is 1. The quantitative estimate of drug-likeness (QED) is 0.863. The Morgan fingerprint density at radius 3 is 2.65 bits per heavy atom. The van der Waals surface area contributed by atoms with Crippen molar-refractivity contribution in [2.45, 2.75) is 13.1 Å². The van der Waals surface area contributed by atoms with Crippen molar-refractivity contribution in [1.29, 1.82) is 0 Å². The maximum atomic E-state index is 12.4. The fourth-order valence-corrected chi connectivity index (χ4v) is 1.61. The minimum atomic E-state index is -4.41. The van der Waals surface area contributed by atoms with Crippen molar-refractivity contribution in [3.8, 4) is 11.8 Å². The van der Waals surface area contributed by atoms with Crippen LogP contribution in [0.2, 0.25) is 0 Å². The normalized spacial score (nSPS) is 10.7. The molecule has 1 aromatic carbocycles. The van der Waals surface area contributed by atoms with Gasteiger partial charge in [-0.15, -0.1) is 0 Å². The Kier molecular flexibility index (Phi) is 5.59. The summed E-state index contributed by atoms with van der Waals surface area (Å²) < 4.78 is 37.2. The van der Waals surface area contributed by atoms with E-state index in [1.54, 1.807) is 12.1 Å². The molecule has 1 rings (SSSR count). The standard InChI is InChI=1S/C14H15F3N2O/c1-2-19(10-14(15,16)17)13(20)12-7-3-5-11(9-12)6-4-8-18/h3,5,7,9H,2,8,10,18H2,1H3. The van der Waals surface area contributed by atoms with Crippen LogP contribution in [0.25, 0.3) is 0 Å². The first kappa shape index (κ1) is 16.1. The van der Waals surface area contributed by atoms with Crippen LogP contribution in [-0.4, -0.2) is 36.6 Å². The van der Waals surface area contributed by atoms with Crippen LogP contribution in [0.5, 0.6) is 0 Å². The molecule has 0 saturated heterocycles. The summed E-state index contributed by atoms with van der Waals surface area (Å²) in [6.07, 6.45) is -4.41. The molecule has 0 bridgehead atoms. The van der Waals surface area contributed by atoms with Gasteiger partial charge >= 0.3 is 6.18 Å². The van der Waals surface area contributed by atoms with Gasteiger partial charge in [0.1, 0.15) is 6.54 Å². The van der Waals surface area contributed by atoms with Crippen LogP contribution in [-0.2, 0) is 0 Å². The summed E-state index contributed by atoms with van der Waals surface area (Å²) >= 11 is 0. The molecule has 0 aliphatic heterocycles. The van der Waals surface area contributed by atoms with E-state index in [0.717, 1.165) is 4.90 Å². The number of carbonyl (C=O) groups is 1. The molecular formula is C14H15F3N2O. The lowest BCUT2D eigenvalue weighted by Crippen LogP contribution is -2.38. The van der Waals surface area contributed by atoms with Crippen molar-refractivity contribution in [3.05, 3.63) is 35.4 Å². The molecule has 0 spiro atoms. The Bertz CT molecular complexity index is 529. The number of benzene rings is 1. The molecule has 0 atom stereocenters. The minimum absolute atomic E-state index is 0.0168. The van der Waals surface area contributed by atoms with E-state index in [-0.39, 0.29) is 18.7 Å². The first-order chi connectivity index (χ1) is 9.37. The van der Waals surface area contributed by atoms with Gasteiger partial charge in [-0.3, -0.25) is 4.79 Å². The molecule has 0 aliphatic rings. The topological polar surface area (TPSA) is 46.3 Å². The van der Waals surface area contributed by atoms with Gasteiger partial charge in [0.15, 0.2) is 0 Å². The molecule has 0 aromatic heterocycles. The molecule has 0 radical (unpaired) electrons. The van der Waals surface area contributed by atoms with Crippen LogP contribution in [0, 0.1) is 11.8 Å². The van der Waals surface area contributed by atoms with Crippen molar-refractivity contribution in [2.24, 2.45) is 5.73 Å². The largest absolute Gasteiger partial charge is 0.406 e. The third-order valence-corrected chi connectivity index (χ3v) is 2.48. The number of halogens is 3. The zero-order valence-corrected chi connectivity index (χ0v) is 11.0. The average molecular weight is 284 g/mol. The predicted octanol–water partition coefficient (Wildman–Crippen LogP) is 2.02. The molecule has 0 heterocycles. The summed E-state index contributed by atoms with van der Waals surface area (Å²) in [5, 5.41) is 0. The van der Waals surface area contributed by atoms with Crippen LogP contribution in [0.3, 0.4) is 0 Å². The highest BCUT2D eigenvalue weighted by Crippen LogP contribution is 2.18. The number of rotatable bonds is 3. The molecule has 3 nitrogen and oxygen atoms in total. The first-order valence-corrected chi connectivity index (χ1v) is 6.02. The van der Waals surface area contributed by atoms with E-state index in [4.69, 9.17) is 5.73 Å². The maximum absolute atomic E-state index is 12.4. The zero-order chi connectivity index (χ0) is 15.2. The summed E-state index contributed by atoms with van der Waals surface area (Å²) in [5.41, 5.74) is 5.97. The summed E-state index contributed by atoms with van der Waals surface area (Å²) in [7, 11) is 0. The maximum Gasteiger partial charge on any atom is 0.406 e. The van der Waals surface area contributed by atoms with Crippen molar-refractivity contribution in [2.75, 3.05) is 19.6 Å². The van der Waals surface area contributed by atoms with Gasteiger partial charge in [-0.05, 0) is 25.1 Å². The van der Waals surface area contributed by atoms with E-state index < -0.39 is 18.6 Å². The van der Waals surface area contributed by atoms with E-state index in [1.165, 1.54) is 19.1 Å². The van der Waals surface area contributed by atoms with Crippen LogP contribution in [0.1, 0.15) is 22.8 Å². The average Bonchev–Trinajstić information content (AvgIpc) is 2.41. The Morgan fingerprint density at radius 2 is 2.10 bits per heavy atom. The van der Waals surface area contributed by atoms with Gasteiger partial charge in [-0.2, -0.15) is 13.2 Å². The number of hydrogen-bond acceptors (Lipinski definition) is 2. The second kappa shape index (κ2) is 6.96. The van der Waals surface area contributed by atoms with E-state index in [2.05, 4.69) is 11.8 Å². The van der Waals surface area contributed by atoms with Crippen molar-refractivity contribution >= 4 is 5.91 Å². The molecule has 1 amide bonds. The zero-order valence-electron chi connectivity index (χ0n) is 11.0. The van der Waals surface area contributed by atoms with E-state index in [0.29, 0.717) is 5.56 Å². The molecule has 6 heteroatoms. The number of amides is 1. The van der Waals surface area contributed by atoms with Gasteiger partial charge in [-0.25, -0.2) is 0 Å². The first-order valence-electron chi connectivity index (χ1n) is 6.02. The Morgan fingerprint density at radius 1 is 1.40 bits per heavy atom. The number of hydrogen-bond donors (Lipinski definition) is 1. The molecule has 0 saturated carbocycles. The molecule has 108 valence electrons. The van der Waals surface area contributed by atoms with Gasteiger partial charge in [0.25, 0.3) is 5.91 Å². The number of carbonyl (C=O) groups excluding carboxylic acids is 1. The van der Waals surface area contributed by atoms with Crippen molar-refractivity contribution in [3.63, 3.8) is 0 Å². The van der Waals surface area contributed by atoms with Gasteiger partial charge in [0.2, 0.25) is 0 Å². The Labute approximate surface area is 115 Å². The monoisotopic (exact) mass is 284 g/mol. The number of nitrogens with two attached hydrogens (primary N) is 1. The minimum Gasteiger partial charge on any atom is -0.330 e. The second-order valence-electron chi connectivity index (χ2n) is 4.02. The van der Waals surface area contributed by atoms with Crippen molar-refractivity contribution in [1.82, 2.24) is 4.90 Å². The fourth-order valence-electron chi connectivity index (χ4n) is 1.61. The molecule has 0 fully saturated rings. The summed E-state index contributed by atoms with van der Waals surface area (Å²) in [6.45, 7) is 0.396. The molecule has 20 heavy (non-hydrogen) atoms. The SMILES string of the molecule is CCN(CC(F)(F)F)C(=O)c1cccc(C#CCN)c1. The van der Waals surface area contributed by atoms with Crippen LogP contribution < -0.4 is 5.73 Å². The Hall–Kier alpha value is -2.00. The second-order valence-corrected chi connectivity index (χ2v) is 4.02. The molecule has 2 N–H and O–H groups in total. The smallest absolute Gasteiger partial charge is 0.330 e. The lowest BCUT2D eigenvalue weighted by atomic mass is 10.1. The van der Waals surface area contributed by atoms with Gasteiger partial charge in [0.05, 0.1) is 6.54 Å². The van der Waals surface area contributed by atoms with E-state index in [9.17, 15) is 18.0 Å². The summed E-state index contributed by atoms with van der Waals surface area (Å²) in [5.74, 6) is 4.70. The summed E-state index contributed by atoms with van der Waals surface area (Å²) in [6, 6.07) is 6.17. The van der Waals surface area contributed by atoms with Gasteiger partial charge < -0.3 is 10.6 Å². The van der Waals surface area contributed by atoms with Crippen LogP contribution in [0.4, 0.5) is 13.2 Å². The van der Waals surface area contributed by atoms with E-state index >= 15 is 0 Å². The third-order valence-electron chi connectivity index (χ3n) is 2.48. The third kappa shape index (κ3) is 4.94. The van der Waals surface area contributed by atoms with Gasteiger partial charge in [-0.1, -0.05) is 17.9 Å². The van der Waals surface area contributed by atoms with Crippen LogP contribution >= 0.6 is 0 Å².